The van der Waals surface area contributed by atoms with Gasteiger partial charge in [-0.3, -0.25) is 0 Å². The first kappa shape index (κ1) is 15.3. The zero-order valence-corrected chi connectivity index (χ0v) is 12.9. The molecular formula is C16H31N2+. The molecule has 18 heavy (non-hydrogen) atoms. The molecule has 1 rings (SSSR count). The van der Waals surface area contributed by atoms with Gasteiger partial charge in [0.25, 0.3) is 5.82 Å². The molecule has 1 aromatic rings. The van der Waals surface area contributed by atoms with E-state index in [1.54, 1.807) is 0 Å². The smallest absolute Gasteiger partial charge is 0.247 e. The molecule has 0 saturated carbocycles. The summed E-state index contributed by atoms with van der Waals surface area (Å²) in [5.74, 6) is 2.76. The number of aromatic amines is 1. The van der Waals surface area contributed by atoms with Crippen LogP contribution in [-0.2, 0) is 0 Å². The van der Waals surface area contributed by atoms with Crippen LogP contribution >= 0.6 is 0 Å². The minimum Gasteiger partial charge on any atom is -0.247 e. The van der Waals surface area contributed by atoms with Crippen LogP contribution in [0.1, 0.15) is 84.5 Å². The van der Waals surface area contributed by atoms with Crippen molar-refractivity contribution in [3.05, 3.63) is 18.2 Å². The molecule has 2 heteroatoms. The van der Waals surface area contributed by atoms with E-state index in [1.807, 2.05) is 0 Å². The summed E-state index contributed by atoms with van der Waals surface area (Å²) in [6.07, 6.45) is 10.8. The summed E-state index contributed by atoms with van der Waals surface area (Å²) >= 11 is 0. The van der Waals surface area contributed by atoms with E-state index in [1.165, 1.54) is 37.9 Å². The Morgan fingerprint density at radius 3 is 2.44 bits per heavy atom. The molecule has 0 bridgehead atoms. The molecule has 0 aliphatic carbocycles. The maximum absolute atomic E-state index is 3.47. The Kier molecular flexibility index (Phi) is 6.45. The Labute approximate surface area is 113 Å². The third-order valence-corrected chi connectivity index (χ3v) is 4.04. The zero-order valence-electron chi connectivity index (χ0n) is 12.9. The van der Waals surface area contributed by atoms with Gasteiger partial charge in [0.05, 0.1) is 12.0 Å². The summed E-state index contributed by atoms with van der Waals surface area (Å²) in [5.41, 5.74) is 0. The number of aromatic nitrogens is 2. The van der Waals surface area contributed by atoms with Crippen molar-refractivity contribution in [1.29, 1.82) is 0 Å². The van der Waals surface area contributed by atoms with Crippen molar-refractivity contribution >= 4 is 0 Å². The molecule has 2 unspecified atom stereocenters. The monoisotopic (exact) mass is 251 g/mol. The number of imidazole rings is 1. The quantitative estimate of drug-likeness (QED) is 0.515. The molecule has 0 aliphatic rings. The molecule has 0 spiro atoms. The van der Waals surface area contributed by atoms with Crippen molar-refractivity contribution in [2.45, 2.75) is 78.7 Å². The summed E-state index contributed by atoms with van der Waals surface area (Å²) < 4.78 is 2.46. The number of unbranched alkanes of at least 4 members (excludes halogenated alkanes) is 2. The highest BCUT2D eigenvalue weighted by molar-refractivity contribution is 4.91. The molecule has 1 heterocycles. The summed E-state index contributed by atoms with van der Waals surface area (Å²) in [4.78, 5) is 3.47. The van der Waals surface area contributed by atoms with Gasteiger partial charge >= 0.3 is 0 Å². The fourth-order valence-corrected chi connectivity index (χ4v) is 2.85. The topological polar surface area (TPSA) is 19.7 Å². The van der Waals surface area contributed by atoms with Gasteiger partial charge in [-0.05, 0) is 32.1 Å². The second-order valence-corrected chi connectivity index (χ2v) is 5.86. The van der Waals surface area contributed by atoms with E-state index in [4.69, 9.17) is 0 Å². The number of H-pyrrole nitrogens is 1. The number of nitrogens with zero attached hydrogens (tertiary/aromatic N) is 1. The summed E-state index contributed by atoms with van der Waals surface area (Å²) in [7, 11) is 0. The second kappa shape index (κ2) is 7.60. The lowest BCUT2D eigenvalue weighted by Crippen LogP contribution is -2.41. The first-order valence-corrected chi connectivity index (χ1v) is 7.70. The van der Waals surface area contributed by atoms with E-state index in [0.717, 1.165) is 0 Å². The molecule has 0 saturated heterocycles. The van der Waals surface area contributed by atoms with Gasteiger partial charge in [-0.1, -0.05) is 40.5 Å². The van der Waals surface area contributed by atoms with E-state index < -0.39 is 0 Å². The van der Waals surface area contributed by atoms with Crippen LogP contribution in [0.3, 0.4) is 0 Å². The summed E-state index contributed by atoms with van der Waals surface area (Å²) in [6, 6.07) is 0.616. The Bertz CT molecular complexity index is 328. The standard InChI is InChI=1S/C16H30N2/c1-6-8-9-10-14(5)18-12-11-17-16(18)15(7-2)13(3)4/h11-15H,6-10H2,1-5H3/p+1. The molecule has 0 amide bonds. The zero-order chi connectivity index (χ0) is 13.5. The molecule has 0 aromatic carbocycles. The fourth-order valence-electron chi connectivity index (χ4n) is 2.85. The summed E-state index contributed by atoms with van der Waals surface area (Å²) in [5, 5.41) is 0. The first-order chi connectivity index (χ1) is 8.61. The maximum Gasteiger partial charge on any atom is 0.257 e. The number of nitrogens with one attached hydrogen (secondary N) is 1. The van der Waals surface area contributed by atoms with Gasteiger partial charge in [0.2, 0.25) is 0 Å². The van der Waals surface area contributed by atoms with E-state index in [9.17, 15) is 0 Å². The average Bonchev–Trinajstić information content (AvgIpc) is 2.79. The lowest BCUT2D eigenvalue weighted by molar-refractivity contribution is -0.727. The fraction of sp³-hybridized carbons (Fsp3) is 0.812. The van der Waals surface area contributed by atoms with Gasteiger partial charge in [-0.25, -0.2) is 9.55 Å². The number of hydrogen-bond donors (Lipinski definition) is 1. The molecule has 0 radical (unpaired) electrons. The van der Waals surface area contributed by atoms with Gasteiger partial charge in [-0.15, -0.1) is 0 Å². The van der Waals surface area contributed by atoms with Crippen LogP contribution < -0.4 is 4.57 Å². The third-order valence-electron chi connectivity index (χ3n) is 4.04. The molecule has 2 atom stereocenters. The van der Waals surface area contributed by atoms with Crippen LogP contribution in [0.5, 0.6) is 0 Å². The Balaban J connectivity index is 2.74. The first-order valence-electron chi connectivity index (χ1n) is 7.70. The lowest BCUT2D eigenvalue weighted by Gasteiger charge is -2.18. The van der Waals surface area contributed by atoms with Crippen molar-refractivity contribution < 1.29 is 4.57 Å². The van der Waals surface area contributed by atoms with Crippen LogP contribution in [0, 0.1) is 5.92 Å². The van der Waals surface area contributed by atoms with Crippen LogP contribution in [0.4, 0.5) is 0 Å². The molecule has 1 N–H and O–H groups in total. The predicted molar refractivity (Wildman–Crippen MR) is 77.7 cm³/mol. The number of rotatable bonds is 8. The highest BCUT2D eigenvalue weighted by Gasteiger charge is 2.26. The highest BCUT2D eigenvalue weighted by atomic mass is 15.1. The Hall–Kier alpha value is -0.790. The van der Waals surface area contributed by atoms with Gasteiger partial charge < -0.3 is 0 Å². The largest absolute Gasteiger partial charge is 0.257 e. The van der Waals surface area contributed by atoms with Crippen LogP contribution in [0.25, 0.3) is 0 Å². The SMILES string of the molecule is CCCCCC(C)[n+]1cc[nH]c1C(CC)C(C)C. The second-order valence-electron chi connectivity index (χ2n) is 5.86. The molecule has 0 fully saturated rings. The average molecular weight is 251 g/mol. The molecule has 1 aromatic heterocycles. The minimum absolute atomic E-state index is 0.616. The van der Waals surface area contributed by atoms with Gasteiger partial charge in [0, 0.05) is 0 Å². The van der Waals surface area contributed by atoms with Crippen molar-refractivity contribution in [3.8, 4) is 0 Å². The van der Waals surface area contributed by atoms with E-state index >= 15 is 0 Å². The van der Waals surface area contributed by atoms with Gasteiger partial charge in [0.1, 0.15) is 12.4 Å². The van der Waals surface area contributed by atoms with Crippen LogP contribution in [-0.4, -0.2) is 4.98 Å². The number of hydrogen-bond acceptors (Lipinski definition) is 0. The van der Waals surface area contributed by atoms with Crippen molar-refractivity contribution in [3.63, 3.8) is 0 Å². The van der Waals surface area contributed by atoms with Crippen LogP contribution in [0.15, 0.2) is 12.4 Å². The van der Waals surface area contributed by atoms with E-state index in [0.29, 0.717) is 17.9 Å². The van der Waals surface area contributed by atoms with Crippen LogP contribution in [0.2, 0.25) is 0 Å². The van der Waals surface area contributed by atoms with E-state index in [-0.39, 0.29) is 0 Å². The Morgan fingerprint density at radius 2 is 1.89 bits per heavy atom. The van der Waals surface area contributed by atoms with Gasteiger partial charge in [-0.2, -0.15) is 0 Å². The minimum atomic E-state index is 0.616. The molecule has 104 valence electrons. The van der Waals surface area contributed by atoms with E-state index in [2.05, 4.69) is 56.6 Å². The van der Waals surface area contributed by atoms with Gasteiger partial charge in [0.15, 0.2) is 0 Å². The van der Waals surface area contributed by atoms with Crippen molar-refractivity contribution in [1.82, 2.24) is 4.98 Å². The molecule has 0 aliphatic heterocycles. The molecular weight excluding hydrogens is 220 g/mol. The van der Waals surface area contributed by atoms with Crippen molar-refractivity contribution in [2.75, 3.05) is 0 Å². The maximum atomic E-state index is 3.47. The summed E-state index contributed by atoms with van der Waals surface area (Å²) in [6.45, 7) is 11.5. The van der Waals surface area contributed by atoms with Crippen molar-refractivity contribution in [2.24, 2.45) is 5.92 Å². The molecule has 2 nitrogen and oxygen atoms in total. The lowest BCUT2D eigenvalue weighted by atomic mass is 9.92. The Morgan fingerprint density at radius 1 is 1.17 bits per heavy atom. The predicted octanol–water partition coefficient (Wildman–Crippen LogP) is 4.59. The third kappa shape index (κ3) is 3.86. The normalized spacial score (nSPS) is 15.0. The highest BCUT2D eigenvalue weighted by Crippen LogP contribution is 2.25.